The molecule has 192 valence electrons. The second-order valence-electron chi connectivity index (χ2n) is 9.53. The van der Waals surface area contributed by atoms with Crippen LogP contribution in [-0.4, -0.2) is 48.6 Å². The molecule has 10 heteroatoms. The molecule has 0 aliphatic heterocycles. The molecule has 1 atom stereocenters. The minimum absolute atomic E-state index is 0.0217. The third-order valence-electron chi connectivity index (χ3n) is 6.73. The summed E-state index contributed by atoms with van der Waals surface area (Å²) < 4.78 is 0. The Labute approximate surface area is 219 Å². The lowest BCUT2D eigenvalue weighted by atomic mass is 9.81. The van der Waals surface area contributed by atoms with Gasteiger partial charge in [0.15, 0.2) is 0 Å². The van der Waals surface area contributed by atoms with E-state index >= 15 is 0 Å². The Morgan fingerprint density at radius 2 is 2.03 bits per heavy atom. The topological polar surface area (TPSA) is 129 Å². The largest absolute Gasteiger partial charge is 0.394 e. The van der Waals surface area contributed by atoms with Crippen molar-refractivity contribution in [3.63, 3.8) is 0 Å². The Morgan fingerprint density at radius 3 is 2.78 bits per heavy atom. The minimum Gasteiger partial charge on any atom is -0.394 e. The van der Waals surface area contributed by atoms with Crippen LogP contribution in [0.5, 0.6) is 0 Å². The first-order chi connectivity index (χ1) is 18.1. The zero-order valence-corrected chi connectivity index (χ0v) is 21.5. The van der Waals surface area contributed by atoms with Gasteiger partial charge in [0.25, 0.3) is 0 Å². The summed E-state index contributed by atoms with van der Waals surface area (Å²) in [6.45, 7) is 1.93. The van der Waals surface area contributed by atoms with E-state index in [4.69, 9.17) is 9.97 Å². The van der Waals surface area contributed by atoms with E-state index in [1.54, 1.807) is 30.1 Å². The molecule has 0 aromatic carbocycles. The summed E-state index contributed by atoms with van der Waals surface area (Å²) in [5.74, 6) is 1.84. The van der Waals surface area contributed by atoms with E-state index in [0.29, 0.717) is 12.3 Å². The second-order valence-corrected chi connectivity index (χ2v) is 10.6. The molecule has 4 aromatic rings. The van der Waals surface area contributed by atoms with Gasteiger partial charge in [-0.15, -0.1) is 11.3 Å². The number of aromatic amines is 1. The summed E-state index contributed by atoms with van der Waals surface area (Å²) in [6, 6.07) is 9.54. The van der Waals surface area contributed by atoms with Gasteiger partial charge in [-0.05, 0) is 62.4 Å². The van der Waals surface area contributed by atoms with E-state index in [9.17, 15) is 9.90 Å². The predicted octanol–water partition coefficient (Wildman–Crippen LogP) is 4.37. The summed E-state index contributed by atoms with van der Waals surface area (Å²) in [7, 11) is 0. The van der Waals surface area contributed by atoms with Gasteiger partial charge in [0.05, 0.1) is 34.6 Å². The Bertz CT molecular complexity index is 1320. The molecule has 1 aliphatic carbocycles. The Kier molecular flexibility index (Phi) is 7.86. The molecule has 0 spiro atoms. The number of aromatic nitrogens is 5. The first kappa shape index (κ1) is 25.0. The summed E-state index contributed by atoms with van der Waals surface area (Å²) in [4.78, 5) is 34.7. The molecule has 4 N–H and O–H groups in total. The van der Waals surface area contributed by atoms with E-state index in [2.05, 4.69) is 25.6 Å². The van der Waals surface area contributed by atoms with Crippen LogP contribution in [0.2, 0.25) is 0 Å². The van der Waals surface area contributed by atoms with Gasteiger partial charge in [0, 0.05) is 42.5 Å². The van der Waals surface area contributed by atoms with Crippen LogP contribution in [0.1, 0.15) is 47.9 Å². The number of nitrogens with zero attached hydrogens (tertiary/aromatic N) is 4. The number of aliphatic hydroxyl groups excluding tert-OH is 1. The number of aliphatic hydroxyl groups is 1. The third-order valence-corrected chi connectivity index (χ3v) is 7.91. The van der Waals surface area contributed by atoms with Gasteiger partial charge in [-0.25, -0.2) is 19.9 Å². The number of rotatable bonds is 9. The highest BCUT2D eigenvalue weighted by Crippen LogP contribution is 2.39. The standard InChI is InChI=1S/C27H31N7O2S/c1-17-9-10-29-25(11-17)34-24-4-2-3-22(33-24)23-14-30-27(37-23)19-7-5-18(6-8-19)26(36)32-21(15-35)12-20-13-28-16-31-20/h2-4,9-11,13-14,16,18-19,21,35H,5-8,12,15H2,1H3,(H,28,31)(H,32,36)(H,29,33,34)/t18?,19?,21-/m1/s1. The highest BCUT2D eigenvalue weighted by atomic mass is 32.1. The Morgan fingerprint density at radius 1 is 1.16 bits per heavy atom. The quantitative estimate of drug-likeness (QED) is 0.259. The van der Waals surface area contributed by atoms with Crippen molar-refractivity contribution in [2.45, 2.75) is 51.0 Å². The number of imidazole rings is 1. The van der Waals surface area contributed by atoms with Gasteiger partial charge in [-0.3, -0.25) is 4.79 Å². The van der Waals surface area contributed by atoms with Crippen molar-refractivity contribution in [1.82, 2.24) is 30.2 Å². The molecule has 4 aromatic heterocycles. The molecule has 37 heavy (non-hydrogen) atoms. The van der Waals surface area contributed by atoms with Crippen molar-refractivity contribution in [2.24, 2.45) is 5.92 Å². The van der Waals surface area contributed by atoms with Gasteiger partial charge in [-0.2, -0.15) is 0 Å². The molecule has 1 aliphatic rings. The highest BCUT2D eigenvalue weighted by molar-refractivity contribution is 7.15. The van der Waals surface area contributed by atoms with Crippen LogP contribution < -0.4 is 10.6 Å². The van der Waals surface area contributed by atoms with E-state index in [-0.39, 0.29) is 24.5 Å². The van der Waals surface area contributed by atoms with Crippen LogP contribution in [0.15, 0.2) is 55.2 Å². The predicted molar refractivity (Wildman–Crippen MR) is 144 cm³/mol. The molecule has 0 bridgehead atoms. The van der Waals surface area contributed by atoms with Crippen LogP contribution >= 0.6 is 11.3 Å². The van der Waals surface area contributed by atoms with Crippen LogP contribution in [0.3, 0.4) is 0 Å². The molecule has 1 fully saturated rings. The zero-order chi connectivity index (χ0) is 25.6. The number of thiazole rings is 1. The summed E-state index contributed by atoms with van der Waals surface area (Å²) in [5, 5.41) is 17.1. The van der Waals surface area contributed by atoms with Crippen LogP contribution in [0.4, 0.5) is 11.6 Å². The minimum atomic E-state index is -0.313. The van der Waals surface area contributed by atoms with Crippen molar-refractivity contribution < 1.29 is 9.90 Å². The van der Waals surface area contributed by atoms with Crippen molar-refractivity contribution in [2.75, 3.05) is 11.9 Å². The summed E-state index contributed by atoms with van der Waals surface area (Å²) in [5.41, 5.74) is 2.90. The zero-order valence-electron chi connectivity index (χ0n) is 20.7. The summed E-state index contributed by atoms with van der Waals surface area (Å²) >= 11 is 1.68. The van der Waals surface area contributed by atoms with Crippen LogP contribution in [0, 0.1) is 12.8 Å². The highest BCUT2D eigenvalue weighted by Gasteiger charge is 2.29. The maximum Gasteiger partial charge on any atom is 0.223 e. The summed E-state index contributed by atoms with van der Waals surface area (Å²) in [6.07, 6.45) is 11.0. The first-order valence-electron chi connectivity index (χ1n) is 12.6. The average Bonchev–Trinajstić information content (AvgIpc) is 3.61. The van der Waals surface area contributed by atoms with Gasteiger partial charge in [0.1, 0.15) is 11.6 Å². The number of H-pyrrole nitrogens is 1. The number of pyridine rings is 2. The fourth-order valence-corrected chi connectivity index (χ4v) is 5.77. The van der Waals surface area contributed by atoms with E-state index < -0.39 is 0 Å². The van der Waals surface area contributed by atoms with Gasteiger partial charge >= 0.3 is 0 Å². The molecule has 1 amide bonds. The molecule has 0 unspecified atom stereocenters. The number of hydrogen-bond acceptors (Lipinski definition) is 8. The lowest BCUT2D eigenvalue weighted by molar-refractivity contribution is -0.127. The number of carbonyl (C=O) groups excluding carboxylic acids is 1. The van der Waals surface area contributed by atoms with Gasteiger partial charge < -0.3 is 20.7 Å². The lowest BCUT2D eigenvalue weighted by Gasteiger charge is -2.28. The SMILES string of the molecule is Cc1ccnc(Nc2cccc(-c3cnc(C4CCC(C(=O)N[C@@H](CO)Cc5cnc[nH]5)CC4)s3)n2)c1. The van der Waals surface area contributed by atoms with E-state index in [1.165, 1.54) is 0 Å². The number of aryl methyl sites for hydroxylation is 1. The first-order valence-corrected chi connectivity index (χ1v) is 13.4. The molecule has 1 saturated carbocycles. The van der Waals surface area contributed by atoms with Crippen molar-refractivity contribution in [3.8, 4) is 10.6 Å². The second kappa shape index (κ2) is 11.6. The molecule has 4 heterocycles. The number of nitrogens with one attached hydrogen (secondary N) is 3. The molecule has 5 rings (SSSR count). The molecule has 0 radical (unpaired) electrons. The monoisotopic (exact) mass is 517 g/mol. The smallest absolute Gasteiger partial charge is 0.223 e. The molecular weight excluding hydrogens is 486 g/mol. The number of anilines is 2. The fraction of sp³-hybridized carbons (Fsp3) is 0.370. The third kappa shape index (κ3) is 6.39. The fourth-order valence-electron chi connectivity index (χ4n) is 4.72. The van der Waals surface area contributed by atoms with E-state index in [1.807, 2.05) is 43.5 Å². The maximum absolute atomic E-state index is 12.8. The van der Waals surface area contributed by atoms with Crippen molar-refractivity contribution >= 4 is 28.9 Å². The normalized spacial score (nSPS) is 18.3. The van der Waals surface area contributed by atoms with Crippen LogP contribution in [-0.2, 0) is 11.2 Å². The number of amides is 1. The Hall–Kier alpha value is -3.63. The van der Waals surface area contributed by atoms with Crippen molar-refractivity contribution in [3.05, 3.63) is 71.5 Å². The average molecular weight is 518 g/mol. The number of hydrogen-bond donors (Lipinski definition) is 4. The van der Waals surface area contributed by atoms with Gasteiger partial charge in [-0.1, -0.05) is 6.07 Å². The lowest BCUT2D eigenvalue weighted by Crippen LogP contribution is -2.43. The van der Waals surface area contributed by atoms with Crippen molar-refractivity contribution in [1.29, 1.82) is 0 Å². The maximum atomic E-state index is 12.8. The molecule has 0 saturated heterocycles. The molecule has 9 nitrogen and oxygen atoms in total. The van der Waals surface area contributed by atoms with Crippen LogP contribution in [0.25, 0.3) is 10.6 Å². The van der Waals surface area contributed by atoms with E-state index in [0.717, 1.165) is 64.2 Å². The Balaban J connectivity index is 1.16. The number of carbonyl (C=O) groups is 1. The van der Waals surface area contributed by atoms with Gasteiger partial charge in [0.2, 0.25) is 5.91 Å². The molecular formula is C27H31N7O2S.